The van der Waals surface area contributed by atoms with Gasteiger partial charge >= 0.3 is 0 Å². The number of hydrogen-bond donors (Lipinski definition) is 3. The second-order valence-corrected chi connectivity index (χ2v) is 7.22. The number of halogens is 1. The van der Waals surface area contributed by atoms with Gasteiger partial charge < -0.3 is 16.0 Å². The van der Waals surface area contributed by atoms with Crippen LogP contribution < -0.4 is 16.0 Å². The molecule has 0 unspecified atom stereocenters. The number of hydrogen-bond acceptors (Lipinski definition) is 3. The smallest absolute Gasteiger partial charge is 0.228 e. The second-order valence-electron chi connectivity index (χ2n) is 7.22. The Morgan fingerprint density at radius 3 is 2.71 bits per heavy atom. The Labute approximate surface area is 161 Å². The fraction of sp³-hybridized carbons (Fsp3) is 0.286. The Balaban J connectivity index is 1.42. The summed E-state index contributed by atoms with van der Waals surface area (Å²) in [5.41, 5.74) is 2.47. The van der Waals surface area contributed by atoms with E-state index in [0.717, 1.165) is 18.4 Å². The zero-order valence-electron chi connectivity index (χ0n) is 15.1. The average Bonchev–Trinajstić information content (AvgIpc) is 3.50. The Morgan fingerprint density at radius 1 is 1.11 bits per heavy atom. The van der Waals surface area contributed by atoms with Crippen molar-refractivity contribution >= 4 is 29.1 Å². The molecule has 0 spiro atoms. The molecule has 1 fully saturated rings. The first-order valence-corrected chi connectivity index (χ1v) is 9.26. The summed E-state index contributed by atoms with van der Waals surface area (Å²) in [6, 6.07) is 11.3. The van der Waals surface area contributed by atoms with E-state index in [4.69, 9.17) is 0 Å². The predicted octanol–water partition coefficient (Wildman–Crippen LogP) is 2.92. The number of rotatable bonds is 5. The van der Waals surface area contributed by atoms with Gasteiger partial charge in [0.05, 0.1) is 5.92 Å². The summed E-state index contributed by atoms with van der Waals surface area (Å²) in [5.74, 6) is -1.60. The highest BCUT2D eigenvalue weighted by molar-refractivity contribution is 6.01. The third-order valence-electron chi connectivity index (χ3n) is 4.98. The number of anilines is 2. The lowest BCUT2D eigenvalue weighted by atomic mass is 9.89. The molecule has 6 nitrogen and oxygen atoms in total. The summed E-state index contributed by atoms with van der Waals surface area (Å²) >= 11 is 0. The number of carbonyl (C=O) groups is 3. The van der Waals surface area contributed by atoms with Crippen LogP contribution >= 0.6 is 0 Å². The Bertz CT molecular complexity index is 956. The third kappa shape index (κ3) is 4.03. The summed E-state index contributed by atoms with van der Waals surface area (Å²) in [6.45, 7) is 0.265. The molecule has 28 heavy (non-hydrogen) atoms. The molecule has 3 N–H and O–H groups in total. The topological polar surface area (TPSA) is 87.3 Å². The van der Waals surface area contributed by atoms with Crippen LogP contribution in [0.2, 0.25) is 0 Å². The number of fused-ring (bicyclic) bond motifs is 1. The minimum absolute atomic E-state index is 0.0158. The highest BCUT2D eigenvalue weighted by Crippen LogP contribution is 2.33. The van der Waals surface area contributed by atoms with Crippen molar-refractivity contribution in [3.8, 4) is 0 Å². The maximum atomic E-state index is 13.4. The SMILES string of the molecule is O=C1C[C@@H](C(=O)NCc2cccc(NC(=O)C3CC3)c2)c2ccc(F)cc2N1. The van der Waals surface area contributed by atoms with Crippen molar-refractivity contribution in [2.75, 3.05) is 10.6 Å². The molecule has 0 saturated heterocycles. The molecule has 1 aliphatic carbocycles. The van der Waals surface area contributed by atoms with Crippen molar-refractivity contribution in [2.24, 2.45) is 5.92 Å². The molecule has 2 aliphatic rings. The first-order chi connectivity index (χ1) is 13.5. The highest BCUT2D eigenvalue weighted by atomic mass is 19.1. The van der Waals surface area contributed by atoms with Crippen LogP contribution in [0.3, 0.4) is 0 Å². The number of benzene rings is 2. The summed E-state index contributed by atoms with van der Waals surface area (Å²) in [5, 5.41) is 8.31. The summed E-state index contributed by atoms with van der Waals surface area (Å²) in [6.07, 6.45) is 1.88. The van der Waals surface area contributed by atoms with E-state index in [2.05, 4.69) is 16.0 Å². The fourth-order valence-electron chi connectivity index (χ4n) is 3.33. The Morgan fingerprint density at radius 2 is 1.93 bits per heavy atom. The van der Waals surface area contributed by atoms with Crippen molar-refractivity contribution in [3.63, 3.8) is 0 Å². The molecule has 1 aliphatic heterocycles. The van der Waals surface area contributed by atoms with Crippen LogP contribution in [-0.2, 0) is 20.9 Å². The van der Waals surface area contributed by atoms with Crippen molar-refractivity contribution in [1.82, 2.24) is 5.32 Å². The van der Waals surface area contributed by atoms with Gasteiger partial charge in [0.2, 0.25) is 17.7 Å². The Kier molecular flexibility index (Phi) is 4.81. The minimum atomic E-state index is -0.665. The summed E-state index contributed by atoms with van der Waals surface area (Å²) < 4.78 is 13.4. The van der Waals surface area contributed by atoms with Crippen LogP contribution in [0, 0.1) is 11.7 Å². The largest absolute Gasteiger partial charge is 0.351 e. The number of amides is 3. The zero-order chi connectivity index (χ0) is 19.7. The lowest BCUT2D eigenvalue weighted by Crippen LogP contribution is -2.34. The van der Waals surface area contributed by atoms with Gasteiger partial charge in [0, 0.05) is 30.3 Å². The van der Waals surface area contributed by atoms with Gasteiger partial charge in [-0.1, -0.05) is 18.2 Å². The molecule has 7 heteroatoms. The van der Waals surface area contributed by atoms with E-state index in [0.29, 0.717) is 16.9 Å². The molecule has 0 bridgehead atoms. The maximum Gasteiger partial charge on any atom is 0.228 e. The molecule has 1 saturated carbocycles. The number of nitrogens with one attached hydrogen (secondary N) is 3. The van der Waals surface area contributed by atoms with E-state index in [1.165, 1.54) is 18.2 Å². The van der Waals surface area contributed by atoms with E-state index in [-0.39, 0.29) is 36.6 Å². The lowest BCUT2D eigenvalue weighted by molar-refractivity contribution is -0.126. The zero-order valence-corrected chi connectivity index (χ0v) is 15.1. The van der Waals surface area contributed by atoms with E-state index < -0.39 is 11.7 Å². The van der Waals surface area contributed by atoms with E-state index in [1.54, 1.807) is 0 Å². The van der Waals surface area contributed by atoms with Crippen molar-refractivity contribution in [2.45, 2.75) is 31.7 Å². The van der Waals surface area contributed by atoms with Crippen molar-refractivity contribution in [1.29, 1.82) is 0 Å². The van der Waals surface area contributed by atoms with Crippen LogP contribution in [0.5, 0.6) is 0 Å². The van der Waals surface area contributed by atoms with Crippen LogP contribution in [0.25, 0.3) is 0 Å². The van der Waals surface area contributed by atoms with Crippen LogP contribution in [0.15, 0.2) is 42.5 Å². The number of carbonyl (C=O) groups excluding carboxylic acids is 3. The van der Waals surface area contributed by atoms with Crippen LogP contribution in [0.1, 0.15) is 36.3 Å². The molecule has 2 aromatic rings. The van der Waals surface area contributed by atoms with E-state index in [9.17, 15) is 18.8 Å². The maximum absolute atomic E-state index is 13.4. The lowest BCUT2D eigenvalue weighted by Gasteiger charge is -2.25. The fourth-order valence-corrected chi connectivity index (χ4v) is 3.33. The average molecular weight is 381 g/mol. The molecule has 1 heterocycles. The quantitative estimate of drug-likeness (QED) is 0.744. The molecular formula is C21H20FN3O3. The molecule has 1 atom stereocenters. The van der Waals surface area contributed by atoms with E-state index >= 15 is 0 Å². The molecular weight excluding hydrogens is 361 g/mol. The predicted molar refractivity (Wildman–Crippen MR) is 102 cm³/mol. The molecule has 144 valence electrons. The summed E-state index contributed by atoms with van der Waals surface area (Å²) in [7, 11) is 0. The first-order valence-electron chi connectivity index (χ1n) is 9.26. The first kappa shape index (κ1) is 18.2. The van der Waals surface area contributed by atoms with Gasteiger partial charge in [-0.15, -0.1) is 0 Å². The van der Waals surface area contributed by atoms with Crippen LogP contribution in [-0.4, -0.2) is 17.7 Å². The van der Waals surface area contributed by atoms with Gasteiger partial charge in [0.15, 0.2) is 0 Å². The molecule has 2 aromatic carbocycles. The van der Waals surface area contributed by atoms with Crippen molar-refractivity contribution in [3.05, 3.63) is 59.4 Å². The summed E-state index contributed by atoms with van der Waals surface area (Å²) in [4.78, 5) is 36.4. The highest BCUT2D eigenvalue weighted by Gasteiger charge is 2.31. The molecule has 0 aromatic heterocycles. The Hall–Kier alpha value is -3.22. The monoisotopic (exact) mass is 381 g/mol. The molecule has 4 rings (SSSR count). The van der Waals surface area contributed by atoms with Crippen LogP contribution in [0.4, 0.5) is 15.8 Å². The third-order valence-corrected chi connectivity index (χ3v) is 4.98. The molecule has 0 radical (unpaired) electrons. The van der Waals surface area contributed by atoms with Gasteiger partial charge in [0.25, 0.3) is 0 Å². The van der Waals surface area contributed by atoms with Gasteiger partial charge in [-0.25, -0.2) is 4.39 Å². The second kappa shape index (κ2) is 7.42. The van der Waals surface area contributed by atoms with Gasteiger partial charge in [-0.3, -0.25) is 14.4 Å². The molecule has 3 amide bonds. The standard InChI is InChI=1S/C21H20FN3O3/c22-14-6-7-16-17(10-19(26)25-18(16)9-14)21(28)23-11-12-2-1-3-15(8-12)24-20(27)13-4-5-13/h1-3,6-9,13,17H,4-5,10-11H2,(H,23,28)(H,24,27)(H,25,26)/t17-/m1/s1. The van der Waals surface area contributed by atoms with Gasteiger partial charge in [0.1, 0.15) is 5.82 Å². The minimum Gasteiger partial charge on any atom is -0.351 e. The van der Waals surface area contributed by atoms with E-state index in [1.807, 2.05) is 24.3 Å². The van der Waals surface area contributed by atoms with Crippen molar-refractivity contribution < 1.29 is 18.8 Å². The van der Waals surface area contributed by atoms with Gasteiger partial charge in [-0.2, -0.15) is 0 Å². The normalized spacial score (nSPS) is 18.0. The van der Waals surface area contributed by atoms with Gasteiger partial charge in [-0.05, 0) is 48.2 Å².